The van der Waals surface area contributed by atoms with Crippen LogP contribution in [-0.4, -0.2) is 58.6 Å². The first kappa shape index (κ1) is 13.3. The van der Waals surface area contributed by atoms with Crippen molar-refractivity contribution in [2.24, 2.45) is 0 Å². The molecule has 0 bridgehead atoms. The van der Waals surface area contributed by atoms with E-state index < -0.39 is 19.7 Å². The van der Waals surface area contributed by atoms with Crippen LogP contribution in [0.2, 0.25) is 0 Å². The van der Waals surface area contributed by atoms with Crippen molar-refractivity contribution in [3.63, 3.8) is 0 Å². The number of hydrogen-bond acceptors (Lipinski definition) is 6. The Morgan fingerprint density at radius 1 is 0.824 bits per heavy atom. The second-order valence-corrected chi connectivity index (χ2v) is 9.24. The molecule has 0 saturated carbocycles. The second-order valence-electron chi connectivity index (χ2n) is 4.78. The molecule has 6 nitrogen and oxygen atoms in total. The zero-order chi connectivity index (χ0) is 12.5. The van der Waals surface area contributed by atoms with Gasteiger partial charge >= 0.3 is 0 Å². The number of nitrogens with one attached hydrogen (secondary N) is 2. The first-order chi connectivity index (χ1) is 7.86. The molecule has 2 saturated heterocycles. The maximum Gasteiger partial charge on any atom is 0.151 e. The molecule has 0 aliphatic carbocycles. The van der Waals surface area contributed by atoms with Crippen LogP contribution in [0.1, 0.15) is 12.8 Å². The summed E-state index contributed by atoms with van der Waals surface area (Å²) in [7, 11) is -5.70. The Labute approximate surface area is 102 Å². The minimum absolute atomic E-state index is 0.00510. The summed E-state index contributed by atoms with van der Waals surface area (Å²) < 4.78 is 44.8. The second kappa shape index (κ2) is 4.83. The van der Waals surface area contributed by atoms with Crippen molar-refractivity contribution in [2.75, 3.05) is 29.7 Å². The molecule has 2 aliphatic heterocycles. The third-order valence-electron chi connectivity index (χ3n) is 3.25. The molecular formula is C9H18N2O4S2. The maximum atomic E-state index is 11.2. The highest BCUT2D eigenvalue weighted by Gasteiger charge is 2.29. The average molecular weight is 282 g/mol. The fraction of sp³-hybridized carbons (Fsp3) is 1.00. The lowest BCUT2D eigenvalue weighted by Crippen LogP contribution is -2.42. The number of sulfone groups is 2. The molecule has 0 amide bonds. The largest absolute Gasteiger partial charge is 0.301 e. The van der Waals surface area contributed by atoms with Gasteiger partial charge in [-0.15, -0.1) is 0 Å². The highest BCUT2D eigenvalue weighted by atomic mass is 32.2. The van der Waals surface area contributed by atoms with E-state index in [-0.39, 0.29) is 35.1 Å². The molecule has 2 atom stereocenters. The van der Waals surface area contributed by atoms with Crippen LogP contribution in [0.4, 0.5) is 0 Å². The van der Waals surface area contributed by atoms with Crippen LogP contribution in [0.15, 0.2) is 0 Å². The molecule has 2 rings (SSSR count). The molecular weight excluding hydrogens is 264 g/mol. The van der Waals surface area contributed by atoms with Gasteiger partial charge in [-0.25, -0.2) is 16.8 Å². The normalized spacial score (nSPS) is 35.1. The van der Waals surface area contributed by atoms with E-state index in [0.717, 1.165) is 0 Å². The molecule has 0 aromatic rings. The molecule has 2 N–H and O–H groups in total. The third-order valence-corrected chi connectivity index (χ3v) is 6.78. The first-order valence-electron chi connectivity index (χ1n) is 5.74. The van der Waals surface area contributed by atoms with E-state index in [2.05, 4.69) is 10.6 Å². The van der Waals surface area contributed by atoms with Gasteiger partial charge in [0.25, 0.3) is 0 Å². The fourth-order valence-electron chi connectivity index (χ4n) is 2.26. The van der Waals surface area contributed by atoms with Crippen molar-refractivity contribution >= 4 is 19.7 Å². The summed E-state index contributed by atoms with van der Waals surface area (Å²) in [5.74, 6) is 0.889. The van der Waals surface area contributed by atoms with Crippen LogP contribution in [0, 0.1) is 0 Å². The quantitative estimate of drug-likeness (QED) is 0.610. The van der Waals surface area contributed by atoms with Gasteiger partial charge in [0.1, 0.15) is 0 Å². The highest BCUT2D eigenvalue weighted by Crippen LogP contribution is 2.12. The molecule has 17 heavy (non-hydrogen) atoms. The molecule has 2 heterocycles. The predicted octanol–water partition coefficient (Wildman–Crippen LogP) is -1.50. The molecule has 2 aliphatic rings. The molecule has 0 aromatic carbocycles. The summed E-state index contributed by atoms with van der Waals surface area (Å²) in [4.78, 5) is 0. The topological polar surface area (TPSA) is 92.3 Å². The van der Waals surface area contributed by atoms with Crippen molar-refractivity contribution in [3.8, 4) is 0 Å². The van der Waals surface area contributed by atoms with Crippen LogP contribution >= 0.6 is 0 Å². The SMILES string of the molecule is O=S1(=O)CCC(NCNC2CCS(=O)(=O)C2)C1. The number of hydrogen-bond donors (Lipinski definition) is 2. The van der Waals surface area contributed by atoms with Gasteiger partial charge in [-0.1, -0.05) is 0 Å². The molecule has 2 fully saturated rings. The Morgan fingerprint density at radius 2 is 1.24 bits per heavy atom. The highest BCUT2D eigenvalue weighted by molar-refractivity contribution is 7.91. The van der Waals surface area contributed by atoms with Gasteiger partial charge in [-0.05, 0) is 12.8 Å². The Balaban J connectivity index is 1.68. The van der Waals surface area contributed by atoms with Gasteiger partial charge < -0.3 is 10.6 Å². The third kappa shape index (κ3) is 3.90. The summed E-state index contributed by atoms with van der Waals surface area (Å²) in [5, 5.41) is 6.21. The zero-order valence-electron chi connectivity index (χ0n) is 9.55. The van der Waals surface area contributed by atoms with Crippen molar-refractivity contribution < 1.29 is 16.8 Å². The standard InChI is InChI=1S/C9H18N2O4S2/c12-16(13)3-1-8(5-16)10-7-11-9-2-4-17(14,15)6-9/h8-11H,1-7H2. The van der Waals surface area contributed by atoms with Crippen LogP contribution in [0.5, 0.6) is 0 Å². The van der Waals surface area contributed by atoms with E-state index in [1.54, 1.807) is 0 Å². The van der Waals surface area contributed by atoms with E-state index in [1.165, 1.54) is 0 Å². The first-order valence-corrected chi connectivity index (χ1v) is 9.38. The minimum Gasteiger partial charge on any atom is -0.301 e. The van der Waals surface area contributed by atoms with Crippen molar-refractivity contribution in [1.29, 1.82) is 0 Å². The van der Waals surface area contributed by atoms with Crippen molar-refractivity contribution in [2.45, 2.75) is 24.9 Å². The van der Waals surface area contributed by atoms with E-state index in [9.17, 15) is 16.8 Å². The van der Waals surface area contributed by atoms with Gasteiger partial charge in [0.2, 0.25) is 0 Å². The molecule has 8 heteroatoms. The minimum atomic E-state index is -2.85. The van der Waals surface area contributed by atoms with Crippen LogP contribution in [-0.2, 0) is 19.7 Å². The van der Waals surface area contributed by atoms with Gasteiger partial charge in [-0.2, -0.15) is 0 Å². The summed E-state index contributed by atoms with van der Waals surface area (Å²) in [6.45, 7) is 0.473. The summed E-state index contributed by atoms with van der Waals surface area (Å²) >= 11 is 0. The lowest BCUT2D eigenvalue weighted by molar-refractivity contribution is 0.465. The summed E-state index contributed by atoms with van der Waals surface area (Å²) in [5.41, 5.74) is 0. The molecule has 2 unspecified atom stereocenters. The Bertz CT molecular complexity index is 427. The fourth-order valence-corrected chi connectivity index (χ4v) is 5.68. The van der Waals surface area contributed by atoms with Crippen molar-refractivity contribution in [1.82, 2.24) is 10.6 Å². The van der Waals surface area contributed by atoms with E-state index >= 15 is 0 Å². The Morgan fingerprint density at radius 3 is 1.53 bits per heavy atom. The monoisotopic (exact) mass is 282 g/mol. The predicted molar refractivity (Wildman–Crippen MR) is 65.3 cm³/mol. The summed E-state index contributed by atoms with van der Waals surface area (Å²) in [6.07, 6.45) is 1.29. The van der Waals surface area contributed by atoms with E-state index in [1.807, 2.05) is 0 Å². The Kier molecular flexibility index (Phi) is 3.77. The zero-order valence-corrected chi connectivity index (χ0v) is 11.2. The van der Waals surface area contributed by atoms with Gasteiger partial charge in [0, 0.05) is 18.8 Å². The molecule has 0 radical (unpaired) electrons. The van der Waals surface area contributed by atoms with Gasteiger partial charge in [0.05, 0.1) is 23.0 Å². The lowest BCUT2D eigenvalue weighted by atomic mass is 10.2. The van der Waals surface area contributed by atoms with Crippen molar-refractivity contribution in [3.05, 3.63) is 0 Å². The van der Waals surface area contributed by atoms with Crippen LogP contribution in [0.3, 0.4) is 0 Å². The molecule has 0 aromatic heterocycles. The summed E-state index contributed by atoms with van der Waals surface area (Å²) in [6, 6.07) is 0.0102. The average Bonchev–Trinajstić information content (AvgIpc) is 2.70. The van der Waals surface area contributed by atoms with Crippen LogP contribution < -0.4 is 10.6 Å². The number of rotatable bonds is 4. The van der Waals surface area contributed by atoms with E-state index in [4.69, 9.17) is 0 Å². The lowest BCUT2D eigenvalue weighted by Gasteiger charge is -2.14. The Hall–Kier alpha value is -0.180. The van der Waals surface area contributed by atoms with Crippen LogP contribution in [0.25, 0.3) is 0 Å². The molecule has 100 valence electrons. The van der Waals surface area contributed by atoms with Gasteiger partial charge in [-0.3, -0.25) is 0 Å². The smallest absolute Gasteiger partial charge is 0.151 e. The molecule has 0 spiro atoms. The maximum absolute atomic E-state index is 11.2. The van der Waals surface area contributed by atoms with E-state index in [0.29, 0.717) is 19.5 Å². The van der Waals surface area contributed by atoms with Gasteiger partial charge in [0.15, 0.2) is 19.7 Å².